The molecule has 2 aromatic rings. The van der Waals surface area contributed by atoms with E-state index in [0.29, 0.717) is 12.6 Å². The Bertz CT molecular complexity index is 552. The van der Waals surface area contributed by atoms with Crippen molar-refractivity contribution in [3.63, 3.8) is 0 Å². The van der Waals surface area contributed by atoms with Gasteiger partial charge in [-0.15, -0.1) is 0 Å². The minimum atomic E-state index is 0.462. The van der Waals surface area contributed by atoms with Crippen molar-refractivity contribution in [2.45, 2.75) is 40.0 Å². The molecule has 2 rings (SSSR count). The number of aryl methyl sites for hydroxylation is 1. The van der Waals surface area contributed by atoms with Crippen molar-refractivity contribution >= 4 is 0 Å². The predicted molar refractivity (Wildman–Crippen MR) is 81.7 cm³/mol. The van der Waals surface area contributed by atoms with E-state index in [4.69, 9.17) is 4.74 Å². The SMILES string of the molecule is Cc1cncc(COc2ccccc2CNC(C)C)c1. The second-order valence-electron chi connectivity index (χ2n) is 5.30. The molecule has 0 aliphatic carbocycles. The number of pyridine rings is 1. The first-order valence-electron chi connectivity index (χ1n) is 7.00. The molecule has 1 aromatic heterocycles. The summed E-state index contributed by atoms with van der Waals surface area (Å²) in [6.07, 6.45) is 3.70. The second-order valence-corrected chi connectivity index (χ2v) is 5.30. The minimum Gasteiger partial charge on any atom is -0.489 e. The molecule has 106 valence electrons. The van der Waals surface area contributed by atoms with Crippen LogP contribution in [-0.4, -0.2) is 11.0 Å². The molecular formula is C17H22N2O. The fourth-order valence-corrected chi connectivity index (χ4v) is 1.96. The quantitative estimate of drug-likeness (QED) is 0.872. The van der Waals surface area contributed by atoms with E-state index in [1.54, 1.807) is 0 Å². The largest absolute Gasteiger partial charge is 0.489 e. The molecule has 0 radical (unpaired) electrons. The smallest absolute Gasteiger partial charge is 0.124 e. The molecule has 0 aliphatic rings. The van der Waals surface area contributed by atoms with Crippen molar-refractivity contribution in [2.75, 3.05) is 0 Å². The van der Waals surface area contributed by atoms with E-state index in [1.807, 2.05) is 37.5 Å². The lowest BCUT2D eigenvalue weighted by Gasteiger charge is -2.13. The van der Waals surface area contributed by atoms with Crippen LogP contribution in [0.3, 0.4) is 0 Å². The van der Waals surface area contributed by atoms with E-state index in [1.165, 1.54) is 5.56 Å². The zero-order chi connectivity index (χ0) is 14.4. The van der Waals surface area contributed by atoms with Gasteiger partial charge in [-0.2, -0.15) is 0 Å². The lowest BCUT2D eigenvalue weighted by Crippen LogP contribution is -2.22. The Kier molecular flexibility index (Phi) is 5.13. The van der Waals surface area contributed by atoms with E-state index < -0.39 is 0 Å². The van der Waals surface area contributed by atoms with Crippen LogP contribution in [-0.2, 0) is 13.2 Å². The van der Waals surface area contributed by atoms with Crippen LogP contribution in [0.4, 0.5) is 0 Å². The van der Waals surface area contributed by atoms with Crippen LogP contribution in [0.1, 0.15) is 30.5 Å². The van der Waals surface area contributed by atoms with Crippen LogP contribution in [0.2, 0.25) is 0 Å². The zero-order valence-corrected chi connectivity index (χ0v) is 12.4. The number of aromatic nitrogens is 1. The summed E-state index contributed by atoms with van der Waals surface area (Å²) in [7, 11) is 0. The fraction of sp³-hybridized carbons (Fsp3) is 0.353. The van der Waals surface area contributed by atoms with Gasteiger partial charge in [0.05, 0.1) is 0 Å². The summed E-state index contributed by atoms with van der Waals surface area (Å²) in [6.45, 7) is 7.69. The molecule has 20 heavy (non-hydrogen) atoms. The lowest BCUT2D eigenvalue weighted by atomic mass is 10.2. The number of hydrogen-bond acceptors (Lipinski definition) is 3. The van der Waals surface area contributed by atoms with Gasteiger partial charge in [-0.05, 0) is 24.6 Å². The summed E-state index contributed by atoms with van der Waals surface area (Å²) >= 11 is 0. The second kappa shape index (κ2) is 7.06. The number of hydrogen-bond donors (Lipinski definition) is 1. The van der Waals surface area contributed by atoms with E-state index in [0.717, 1.165) is 23.4 Å². The van der Waals surface area contributed by atoms with Gasteiger partial charge in [0.2, 0.25) is 0 Å². The van der Waals surface area contributed by atoms with Crippen molar-refractivity contribution in [2.24, 2.45) is 0 Å². The first kappa shape index (κ1) is 14.5. The standard InChI is InChI=1S/C17H22N2O/c1-13(2)19-11-16-6-4-5-7-17(16)20-12-15-8-14(3)9-18-10-15/h4-10,13,19H,11-12H2,1-3H3. The van der Waals surface area contributed by atoms with Gasteiger partial charge >= 0.3 is 0 Å². The Balaban J connectivity index is 2.02. The number of rotatable bonds is 6. The Morgan fingerprint density at radius 3 is 2.75 bits per heavy atom. The summed E-state index contributed by atoms with van der Waals surface area (Å²) in [5.74, 6) is 0.933. The first-order valence-corrected chi connectivity index (χ1v) is 7.00. The van der Waals surface area contributed by atoms with Crippen LogP contribution in [0, 0.1) is 6.92 Å². The van der Waals surface area contributed by atoms with Crippen molar-refractivity contribution in [1.82, 2.24) is 10.3 Å². The molecule has 0 saturated carbocycles. The molecule has 3 heteroatoms. The summed E-state index contributed by atoms with van der Waals surface area (Å²) in [6, 6.07) is 10.7. The summed E-state index contributed by atoms with van der Waals surface area (Å²) < 4.78 is 5.93. The Labute approximate surface area is 121 Å². The highest BCUT2D eigenvalue weighted by Crippen LogP contribution is 2.19. The number of nitrogens with zero attached hydrogens (tertiary/aromatic N) is 1. The molecule has 0 atom stereocenters. The van der Waals surface area contributed by atoms with E-state index in [-0.39, 0.29) is 0 Å². The molecule has 0 bridgehead atoms. The topological polar surface area (TPSA) is 34.1 Å². The maximum atomic E-state index is 5.93. The number of benzene rings is 1. The van der Waals surface area contributed by atoms with Crippen LogP contribution in [0.25, 0.3) is 0 Å². The lowest BCUT2D eigenvalue weighted by molar-refractivity contribution is 0.301. The van der Waals surface area contributed by atoms with Gasteiger partial charge in [-0.3, -0.25) is 4.98 Å². The molecular weight excluding hydrogens is 248 g/mol. The van der Waals surface area contributed by atoms with Gasteiger partial charge in [-0.1, -0.05) is 32.0 Å². The molecule has 0 saturated heterocycles. The Hall–Kier alpha value is -1.87. The molecule has 0 fully saturated rings. The van der Waals surface area contributed by atoms with Gasteiger partial charge in [0.15, 0.2) is 0 Å². The van der Waals surface area contributed by atoms with Crippen LogP contribution < -0.4 is 10.1 Å². The third kappa shape index (κ3) is 4.35. The van der Waals surface area contributed by atoms with E-state index in [2.05, 4.69) is 36.3 Å². The average molecular weight is 270 g/mol. The van der Waals surface area contributed by atoms with Crippen LogP contribution in [0.5, 0.6) is 5.75 Å². The average Bonchev–Trinajstić information content (AvgIpc) is 2.44. The molecule has 0 unspecified atom stereocenters. The highest BCUT2D eigenvalue weighted by molar-refractivity contribution is 5.33. The third-order valence-corrected chi connectivity index (χ3v) is 3.00. The van der Waals surface area contributed by atoms with Gasteiger partial charge in [0.25, 0.3) is 0 Å². The van der Waals surface area contributed by atoms with Gasteiger partial charge in [0, 0.05) is 36.1 Å². The number of para-hydroxylation sites is 1. The number of nitrogens with one attached hydrogen (secondary N) is 1. The first-order chi connectivity index (χ1) is 9.65. The molecule has 0 aliphatic heterocycles. The molecule has 0 amide bonds. The van der Waals surface area contributed by atoms with Gasteiger partial charge in [-0.25, -0.2) is 0 Å². The maximum absolute atomic E-state index is 5.93. The Morgan fingerprint density at radius 1 is 1.20 bits per heavy atom. The summed E-state index contributed by atoms with van der Waals surface area (Å²) in [5, 5.41) is 3.42. The summed E-state index contributed by atoms with van der Waals surface area (Å²) in [4.78, 5) is 4.19. The highest BCUT2D eigenvalue weighted by atomic mass is 16.5. The monoisotopic (exact) mass is 270 g/mol. The van der Waals surface area contributed by atoms with E-state index >= 15 is 0 Å². The van der Waals surface area contributed by atoms with Gasteiger partial charge < -0.3 is 10.1 Å². The maximum Gasteiger partial charge on any atom is 0.124 e. The fourth-order valence-electron chi connectivity index (χ4n) is 1.96. The minimum absolute atomic E-state index is 0.462. The van der Waals surface area contributed by atoms with Crippen molar-refractivity contribution in [3.8, 4) is 5.75 Å². The molecule has 1 heterocycles. The predicted octanol–water partition coefficient (Wildman–Crippen LogP) is 3.47. The molecule has 1 N–H and O–H groups in total. The van der Waals surface area contributed by atoms with E-state index in [9.17, 15) is 0 Å². The third-order valence-electron chi connectivity index (χ3n) is 3.00. The molecule has 3 nitrogen and oxygen atoms in total. The van der Waals surface area contributed by atoms with Crippen LogP contribution in [0.15, 0.2) is 42.7 Å². The Morgan fingerprint density at radius 2 is 2.00 bits per heavy atom. The van der Waals surface area contributed by atoms with Gasteiger partial charge in [0.1, 0.15) is 12.4 Å². The molecule has 0 spiro atoms. The normalized spacial score (nSPS) is 10.8. The highest BCUT2D eigenvalue weighted by Gasteiger charge is 2.04. The van der Waals surface area contributed by atoms with Crippen molar-refractivity contribution in [3.05, 3.63) is 59.4 Å². The summed E-state index contributed by atoms with van der Waals surface area (Å²) in [5.41, 5.74) is 3.43. The van der Waals surface area contributed by atoms with Crippen molar-refractivity contribution < 1.29 is 4.74 Å². The zero-order valence-electron chi connectivity index (χ0n) is 12.4. The van der Waals surface area contributed by atoms with Crippen molar-refractivity contribution in [1.29, 1.82) is 0 Å². The molecule has 1 aromatic carbocycles. The number of ether oxygens (including phenoxy) is 1. The van der Waals surface area contributed by atoms with Crippen LogP contribution >= 0.6 is 0 Å².